The topological polar surface area (TPSA) is 50.1 Å². The van der Waals surface area contributed by atoms with Gasteiger partial charge in [0.2, 0.25) is 0 Å². The molecule has 2 rings (SSSR count). The second-order valence-corrected chi connectivity index (χ2v) is 4.24. The van der Waals surface area contributed by atoms with Crippen molar-refractivity contribution in [2.45, 2.75) is 13.3 Å². The first-order valence-electron chi connectivity index (χ1n) is 5.94. The lowest BCUT2D eigenvalue weighted by molar-refractivity contribution is -0.133. The first kappa shape index (κ1) is 12.8. The largest absolute Gasteiger partial charge is 0.425 e. The molecule has 0 amide bonds. The maximum Gasteiger partial charge on any atom is 0.315 e. The normalized spacial score (nSPS) is 9.68. The number of nitriles is 1. The molecular formula is C16H13NO2. The van der Waals surface area contributed by atoms with Crippen molar-refractivity contribution in [2.75, 3.05) is 0 Å². The van der Waals surface area contributed by atoms with Gasteiger partial charge in [0.05, 0.1) is 12.0 Å². The molecule has 0 aliphatic carbocycles. The van der Waals surface area contributed by atoms with Crippen molar-refractivity contribution < 1.29 is 9.53 Å². The number of rotatable bonds is 3. The number of carbonyl (C=O) groups excluding carboxylic acids is 1. The molecule has 0 saturated heterocycles. The minimum absolute atomic E-state index is 0.194. The molecule has 2 aromatic rings. The molecule has 19 heavy (non-hydrogen) atoms. The van der Waals surface area contributed by atoms with E-state index in [0.29, 0.717) is 11.3 Å². The van der Waals surface area contributed by atoms with Crippen molar-refractivity contribution >= 4 is 5.97 Å². The van der Waals surface area contributed by atoms with Crippen LogP contribution in [0, 0.1) is 18.3 Å². The minimum atomic E-state index is -0.369. The summed E-state index contributed by atoms with van der Waals surface area (Å²) in [6, 6.07) is 16.4. The summed E-state index contributed by atoms with van der Waals surface area (Å²) in [6.45, 7) is 1.99. The summed E-state index contributed by atoms with van der Waals surface area (Å²) in [4.78, 5) is 11.8. The zero-order valence-corrected chi connectivity index (χ0v) is 10.6. The molecule has 0 heterocycles. The monoisotopic (exact) mass is 251 g/mol. The lowest BCUT2D eigenvalue weighted by atomic mass is 10.1. The van der Waals surface area contributed by atoms with Crippen LogP contribution in [0.1, 0.15) is 16.7 Å². The van der Waals surface area contributed by atoms with E-state index in [1.54, 1.807) is 24.3 Å². The van der Waals surface area contributed by atoms with E-state index in [9.17, 15) is 4.79 Å². The average Bonchev–Trinajstić information content (AvgIpc) is 2.42. The number of para-hydroxylation sites is 1. The van der Waals surface area contributed by atoms with Gasteiger partial charge in [0.15, 0.2) is 0 Å². The molecule has 3 nitrogen and oxygen atoms in total. The van der Waals surface area contributed by atoms with E-state index in [1.807, 2.05) is 37.3 Å². The molecule has 0 aliphatic rings. The maximum absolute atomic E-state index is 11.8. The number of ether oxygens (including phenoxy) is 1. The molecule has 0 bridgehead atoms. The van der Waals surface area contributed by atoms with Gasteiger partial charge in [0.25, 0.3) is 0 Å². The van der Waals surface area contributed by atoms with Gasteiger partial charge in [-0.3, -0.25) is 4.79 Å². The summed E-state index contributed by atoms with van der Waals surface area (Å²) in [6.07, 6.45) is 0.194. The van der Waals surface area contributed by atoms with E-state index in [-0.39, 0.29) is 12.4 Å². The number of hydrogen-bond donors (Lipinski definition) is 0. The SMILES string of the molecule is Cc1ccc(CC(=O)Oc2ccccc2C#N)cc1. The third-order valence-electron chi connectivity index (χ3n) is 2.70. The van der Waals surface area contributed by atoms with Gasteiger partial charge in [0, 0.05) is 0 Å². The van der Waals surface area contributed by atoms with Crippen molar-refractivity contribution in [2.24, 2.45) is 0 Å². The quantitative estimate of drug-likeness (QED) is 0.622. The number of hydrogen-bond acceptors (Lipinski definition) is 3. The molecular weight excluding hydrogens is 238 g/mol. The highest BCUT2D eigenvalue weighted by Gasteiger charge is 2.09. The number of nitrogens with zero attached hydrogens (tertiary/aromatic N) is 1. The Morgan fingerprint density at radius 2 is 1.84 bits per heavy atom. The van der Waals surface area contributed by atoms with Crippen molar-refractivity contribution in [3.05, 3.63) is 65.2 Å². The van der Waals surface area contributed by atoms with Gasteiger partial charge in [-0.2, -0.15) is 5.26 Å². The van der Waals surface area contributed by atoms with Crippen molar-refractivity contribution in [1.82, 2.24) is 0 Å². The third-order valence-corrected chi connectivity index (χ3v) is 2.70. The summed E-state index contributed by atoms with van der Waals surface area (Å²) in [5, 5.41) is 8.91. The predicted molar refractivity (Wildman–Crippen MR) is 71.7 cm³/mol. The molecule has 0 aliphatic heterocycles. The van der Waals surface area contributed by atoms with Gasteiger partial charge in [-0.15, -0.1) is 0 Å². The van der Waals surface area contributed by atoms with E-state index in [4.69, 9.17) is 10.00 Å². The fourth-order valence-electron chi connectivity index (χ4n) is 1.68. The van der Waals surface area contributed by atoms with Gasteiger partial charge in [-0.1, -0.05) is 42.0 Å². The number of carbonyl (C=O) groups is 1. The van der Waals surface area contributed by atoms with Crippen LogP contribution in [0.4, 0.5) is 0 Å². The van der Waals surface area contributed by atoms with Gasteiger partial charge >= 0.3 is 5.97 Å². The Morgan fingerprint density at radius 3 is 2.53 bits per heavy atom. The zero-order chi connectivity index (χ0) is 13.7. The number of esters is 1. The standard InChI is InChI=1S/C16H13NO2/c1-12-6-8-13(9-7-12)10-16(18)19-15-5-3-2-4-14(15)11-17/h2-9H,10H2,1H3. The summed E-state index contributed by atoms with van der Waals surface area (Å²) >= 11 is 0. The van der Waals surface area contributed by atoms with E-state index >= 15 is 0 Å². The molecule has 2 aromatic carbocycles. The van der Waals surface area contributed by atoms with Crippen LogP contribution in [0.5, 0.6) is 5.75 Å². The van der Waals surface area contributed by atoms with Crippen LogP contribution in [-0.4, -0.2) is 5.97 Å². The molecule has 0 atom stereocenters. The van der Waals surface area contributed by atoms with E-state index < -0.39 is 0 Å². The van der Waals surface area contributed by atoms with E-state index in [1.165, 1.54) is 0 Å². The Labute approximate surface area is 112 Å². The second-order valence-electron chi connectivity index (χ2n) is 4.24. The fraction of sp³-hybridized carbons (Fsp3) is 0.125. The highest BCUT2D eigenvalue weighted by molar-refractivity contribution is 5.75. The van der Waals surface area contributed by atoms with Crippen LogP contribution in [0.15, 0.2) is 48.5 Å². The third kappa shape index (κ3) is 3.43. The number of benzene rings is 2. The van der Waals surface area contributed by atoms with Crippen LogP contribution < -0.4 is 4.74 Å². The van der Waals surface area contributed by atoms with Crippen molar-refractivity contribution in [3.8, 4) is 11.8 Å². The van der Waals surface area contributed by atoms with Crippen molar-refractivity contribution in [1.29, 1.82) is 5.26 Å². The van der Waals surface area contributed by atoms with Crippen LogP contribution >= 0.6 is 0 Å². The summed E-state index contributed by atoms with van der Waals surface area (Å²) < 4.78 is 5.21. The lowest BCUT2D eigenvalue weighted by Crippen LogP contribution is -2.11. The molecule has 0 saturated carbocycles. The first-order valence-corrected chi connectivity index (χ1v) is 5.94. The van der Waals surface area contributed by atoms with E-state index in [0.717, 1.165) is 11.1 Å². The molecule has 0 aromatic heterocycles. The highest BCUT2D eigenvalue weighted by atomic mass is 16.5. The minimum Gasteiger partial charge on any atom is -0.425 e. The summed E-state index contributed by atoms with van der Waals surface area (Å²) in [7, 11) is 0. The van der Waals surface area contributed by atoms with Gasteiger partial charge < -0.3 is 4.74 Å². The Morgan fingerprint density at radius 1 is 1.16 bits per heavy atom. The molecule has 3 heteroatoms. The van der Waals surface area contributed by atoms with Crippen LogP contribution in [-0.2, 0) is 11.2 Å². The van der Waals surface area contributed by atoms with Crippen LogP contribution in [0.2, 0.25) is 0 Å². The average molecular weight is 251 g/mol. The Kier molecular flexibility index (Phi) is 3.94. The van der Waals surface area contributed by atoms with Crippen LogP contribution in [0.25, 0.3) is 0 Å². The lowest BCUT2D eigenvalue weighted by Gasteiger charge is -2.06. The fourth-order valence-corrected chi connectivity index (χ4v) is 1.68. The molecule has 0 N–H and O–H groups in total. The van der Waals surface area contributed by atoms with Crippen molar-refractivity contribution in [3.63, 3.8) is 0 Å². The van der Waals surface area contributed by atoms with Gasteiger partial charge in [0.1, 0.15) is 11.8 Å². The Balaban J connectivity index is 2.06. The number of aryl methyl sites for hydroxylation is 1. The van der Waals surface area contributed by atoms with Crippen LogP contribution in [0.3, 0.4) is 0 Å². The van der Waals surface area contributed by atoms with Gasteiger partial charge in [-0.05, 0) is 24.6 Å². The van der Waals surface area contributed by atoms with E-state index in [2.05, 4.69) is 0 Å². The molecule has 94 valence electrons. The summed E-state index contributed by atoms with van der Waals surface area (Å²) in [5.74, 6) is -0.0614. The highest BCUT2D eigenvalue weighted by Crippen LogP contribution is 2.17. The maximum atomic E-state index is 11.8. The smallest absolute Gasteiger partial charge is 0.315 e. The second kappa shape index (κ2) is 5.83. The van der Waals surface area contributed by atoms with Gasteiger partial charge in [-0.25, -0.2) is 0 Å². The first-order chi connectivity index (χ1) is 9.19. The Bertz CT molecular complexity index is 624. The summed E-state index contributed by atoms with van der Waals surface area (Å²) in [5.41, 5.74) is 2.40. The zero-order valence-electron chi connectivity index (χ0n) is 10.6. The molecule has 0 radical (unpaired) electrons. The predicted octanol–water partition coefficient (Wildman–Crippen LogP) is 3.01. The molecule has 0 fully saturated rings. The molecule has 0 spiro atoms. The Hall–Kier alpha value is -2.60. The molecule has 0 unspecified atom stereocenters.